The van der Waals surface area contributed by atoms with Crippen LogP contribution in [0.5, 0.6) is 0 Å². The first-order chi connectivity index (χ1) is 20.2. The number of ether oxygens (including phenoxy) is 1. The van der Waals surface area contributed by atoms with Crippen molar-refractivity contribution in [3.05, 3.63) is 12.2 Å². The molecule has 3 atom stereocenters. The van der Waals surface area contributed by atoms with Gasteiger partial charge in [0.2, 0.25) is 0 Å². The molecule has 262 valence electrons. The zero-order valence-corrected chi connectivity index (χ0v) is 33.8. The Labute approximate surface area is 283 Å². The Morgan fingerprint density at radius 2 is 1.36 bits per heavy atom. The average Bonchev–Trinajstić information content (AvgIpc) is 2.93. The van der Waals surface area contributed by atoms with E-state index in [1.54, 1.807) is 6.92 Å². The molecule has 3 unspecified atom stereocenters. The van der Waals surface area contributed by atoms with Gasteiger partial charge in [-0.05, 0) is 72.9 Å². The standard InChI is InChI=1S/C37H75NO3Si2.ClH/c1-11-13-14-15-16-17-18-19-20-21-22-23-24-25-26-28-36(5,6)38-34(12-2)43(10)32-30-37(7,41-42(43,8)9)29-27-31-40-35(39)33(3)4;/h34,38H,3,11-32H2,1-2,4-10H3;1H. The van der Waals surface area contributed by atoms with E-state index in [4.69, 9.17) is 9.16 Å². The third kappa shape index (κ3) is 16.6. The summed E-state index contributed by atoms with van der Waals surface area (Å²) in [6, 6.07) is 1.33. The molecule has 1 aliphatic heterocycles. The van der Waals surface area contributed by atoms with Gasteiger partial charge in [0, 0.05) is 16.8 Å². The minimum Gasteiger partial charge on any atom is -0.462 e. The Balaban J connectivity index is 0.0000185. The van der Waals surface area contributed by atoms with E-state index >= 15 is 0 Å². The van der Waals surface area contributed by atoms with Crippen LogP contribution in [0.15, 0.2) is 12.2 Å². The number of esters is 1. The minimum absolute atomic E-state index is 0. The number of halogens is 1. The molecule has 7 heteroatoms. The first-order valence-corrected chi connectivity index (χ1v) is 25.2. The van der Waals surface area contributed by atoms with Gasteiger partial charge in [0.25, 0.3) is 0 Å². The van der Waals surface area contributed by atoms with Gasteiger partial charge in [-0.15, -0.1) is 12.4 Å². The van der Waals surface area contributed by atoms with E-state index in [0.717, 1.165) is 19.3 Å². The van der Waals surface area contributed by atoms with Crippen LogP contribution in [-0.4, -0.2) is 44.8 Å². The summed E-state index contributed by atoms with van der Waals surface area (Å²) >= 11 is 0. The van der Waals surface area contributed by atoms with Crippen LogP contribution in [0.25, 0.3) is 0 Å². The van der Waals surface area contributed by atoms with E-state index in [1.807, 2.05) is 0 Å². The van der Waals surface area contributed by atoms with Crippen LogP contribution < -0.4 is 5.32 Å². The summed E-state index contributed by atoms with van der Waals surface area (Å²) in [7, 11) is -3.54. The summed E-state index contributed by atoms with van der Waals surface area (Å²) < 4.78 is 12.5. The highest BCUT2D eigenvalue weighted by Crippen LogP contribution is 2.43. The fourth-order valence-corrected chi connectivity index (χ4v) is 20.4. The smallest absolute Gasteiger partial charge is 0.333 e. The van der Waals surface area contributed by atoms with Gasteiger partial charge in [-0.2, -0.15) is 0 Å². The molecule has 1 fully saturated rings. The molecule has 1 rings (SSSR count). The number of hydrogen-bond acceptors (Lipinski definition) is 4. The summed E-state index contributed by atoms with van der Waals surface area (Å²) in [5, 5.41) is 4.21. The highest BCUT2D eigenvalue weighted by Gasteiger charge is 2.57. The van der Waals surface area contributed by atoms with E-state index in [9.17, 15) is 4.79 Å². The van der Waals surface area contributed by atoms with Gasteiger partial charge in [0.05, 0.1) is 19.8 Å². The second-order valence-corrected chi connectivity index (χ2v) is 30.0. The van der Waals surface area contributed by atoms with Gasteiger partial charge in [0.1, 0.15) is 0 Å². The van der Waals surface area contributed by atoms with Crippen molar-refractivity contribution in [1.82, 2.24) is 5.32 Å². The summed E-state index contributed by atoms with van der Waals surface area (Å²) in [4.78, 5) is 11.7. The first kappa shape index (κ1) is 43.9. The molecule has 1 saturated heterocycles. The fourth-order valence-electron chi connectivity index (χ4n) is 7.31. The number of hydrogen-bond donors (Lipinski definition) is 1. The minimum atomic E-state index is -1.88. The molecule has 0 spiro atoms. The van der Waals surface area contributed by atoms with Gasteiger partial charge < -0.3 is 14.5 Å². The SMILES string of the molecule is C=C(C)C(=O)OCCCC1(C)CC[Si](C)(C(CC)NC(C)(C)CCCCCCCCCCCCCCCCC)[Si](C)(C)O1.Cl. The van der Waals surface area contributed by atoms with E-state index in [-0.39, 0.29) is 29.5 Å². The first-order valence-electron chi connectivity index (χ1n) is 18.5. The van der Waals surface area contributed by atoms with Crippen LogP contribution in [0.4, 0.5) is 0 Å². The predicted octanol–water partition coefficient (Wildman–Crippen LogP) is 11.8. The molecule has 44 heavy (non-hydrogen) atoms. The van der Waals surface area contributed by atoms with Crippen LogP contribution in [-0.2, 0) is 14.0 Å². The Hall–Kier alpha value is -0.146. The molecular formula is C37H76ClNO3Si2. The van der Waals surface area contributed by atoms with Crippen molar-refractivity contribution >= 4 is 33.8 Å². The van der Waals surface area contributed by atoms with Gasteiger partial charge in [-0.3, -0.25) is 0 Å². The Bertz CT molecular complexity index is 793. The third-order valence-corrected chi connectivity index (χ3v) is 28.1. The van der Waals surface area contributed by atoms with Crippen LogP contribution >= 0.6 is 12.4 Å². The molecule has 0 aromatic carbocycles. The van der Waals surface area contributed by atoms with Crippen molar-refractivity contribution in [1.29, 1.82) is 0 Å². The molecule has 0 aromatic heterocycles. The normalized spacial score (nSPS) is 22.3. The van der Waals surface area contributed by atoms with Crippen molar-refractivity contribution in [2.45, 2.75) is 212 Å². The second kappa shape index (κ2) is 22.4. The Morgan fingerprint density at radius 3 is 1.80 bits per heavy atom. The van der Waals surface area contributed by atoms with Crippen LogP contribution in [0.1, 0.15) is 170 Å². The van der Waals surface area contributed by atoms with Crippen molar-refractivity contribution in [2.75, 3.05) is 6.61 Å². The largest absolute Gasteiger partial charge is 0.462 e. The molecule has 0 bridgehead atoms. The quantitative estimate of drug-likeness (QED) is 0.0453. The monoisotopic (exact) mass is 674 g/mol. The molecule has 0 saturated carbocycles. The molecule has 1 aliphatic rings. The molecule has 1 N–H and O–H groups in total. The lowest BCUT2D eigenvalue weighted by atomic mass is 9.95. The summed E-state index contributed by atoms with van der Waals surface area (Å²) in [5.41, 5.74) is 1.14. The Kier molecular flexibility index (Phi) is 22.4. The lowest BCUT2D eigenvalue weighted by Gasteiger charge is -2.56. The van der Waals surface area contributed by atoms with E-state index < -0.39 is 15.4 Å². The number of rotatable bonds is 25. The Morgan fingerprint density at radius 1 is 0.886 bits per heavy atom. The number of carbonyl (C=O) groups excluding carboxylic acids is 1. The molecule has 0 radical (unpaired) electrons. The van der Waals surface area contributed by atoms with Crippen molar-refractivity contribution in [2.24, 2.45) is 0 Å². The summed E-state index contributed by atoms with van der Waals surface area (Å²) in [6.45, 7) is 25.3. The summed E-state index contributed by atoms with van der Waals surface area (Å²) in [5.74, 6) is -0.284. The average molecular weight is 675 g/mol. The topological polar surface area (TPSA) is 47.6 Å². The lowest BCUT2D eigenvalue weighted by molar-refractivity contribution is -0.139. The third-order valence-electron chi connectivity index (χ3n) is 10.6. The zero-order valence-electron chi connectivity index (χ0n) is 31.0. The maximum atomic E-state index is 11.7. The van der Waals surface area contributed by atoms with E-state index in [1.165, 1.54) is 115 Å². The molecule has 0 aliphatic carbocycles. The maximum Gasteiger partial charge on any atom is 0.333 e. The molecule has 1 heterocycles. The fraction of sp³-hybridized carbons (Fsp3) is 0.919. The van der Waals surface area contributed by atoms with E-state index in [2.05, 4.69) is 66.2 Å². The van der Waals surface area contributed by atoms with Crippen LogP contribution in [0.3, 0.4) is 0 Å². The van der Waals surface area contributed by atoms with Crippen molar-refractivity contribution in [3.63, 3.8) is 0 Å². The molecule has 4 nitrogen and oxygen atoms in total. The van der Waals surface area contributed by atoms with Crippen molar-refractivity contribution < 1.29 is 14.0 Å². The predicted molar refractivity (Wildman–Crippen MR) is 201 cm³/mol. The van der Waals surface area contributed by atoms with Crippen LogP contribution in [0, 0.1) is 0 Å². The number of unbranched alkanes of at least 4 members (excludes halogenated alkanes) is 14. The van der Waals surface area contributed by atoms with E-state index in [0.29, 0.717) is 17.8 Å². The van der Waals surface area contributed by atoms with Gasteiger partial charge >= 0.3 is 5.97 Å². The molecule has 0 amide bonds. The van der Waals surface area contributed by atoms with Gasteiger partial charge in [0.15, 0.2) is 7.83 Å². The van der Waals surface area contributed by atoms with Gasteiger partial charge in [-0.25, -0.2) is 4.79 Å². The molecule has 0 aromatic rings. The van der Waals surface area contributed by atoms with Crippen LogP contribution in [0.2, 0.25) is 25.7 Å². The maximum absolute atomic E-state index is 11.7. The summed E-state index contributed by atoms with van der Waals surface area (Å²) in [6.07, 6.45) is 26.7. The lowest BCUT2D eigenvalue weighted by Crippen LogP contribution is -2.75. The number of nitrogens with one attached hydrogen (secondary N) is 1. The molecular weight excluding hydrogens is 598 g/mol. The number of carbonyl (C=O) groups is 1. The highest BCUT2D eigenvalue weighted by atomic mass is 35.5. The zero-order chi connectivity index (χ0) is 32.4. The highest BCUT2D eigenvalue weighted by molar-refractivity contribution is 7.39. The second-order valence-electron chi connectivity index (χ2n) is 15.7. The van der Waals surface area contributed by atoms with Gasteiger partial charge in [-0.1, -0.05) is 129 Å². The van der Waals surface area contributed by atoms with Crippen molar-refractivity contribution in [3.8, 4) is 0 Å².